The number of hydrogen-bond acceptors (Lipinski definition) is 3. The van der Waals surface area contributed by atoms with Crippen LogP contribution in [0.4, 0.5) is 0 Å². The van der Waals surface area contributed by atoms with Gasteiger partial charge in [0.05, 0.1) is 6.10 Å². The van der Waals surface area contributed by atoms with Crippen molar-refractivity contribution in [2.24, 2.45) is 0 Å². The quantitative estimate of drug-likeness (QED) is 0.593. The lowest BCUT2D eigenvalue weighted by molar-refractivity contribution is 0.0778. The fourth-order valence-corrected chi connectivity index (χ4v) is 2.63. The van der Waals surface area contributed by atoms with E-state index in [-0.39, 0.29) is 25.6 Å². The Morgan fingerprint density at radius 1 is 1.67 bits per heavy atom. The van der Waals surface area contributed by atoms with E-state index in [0.29, 0.717) is 6.42 Å². The maximum Gasteiger partial charge on any atom is 0.266 e. The topological polar surface area (TPSA) is 47.6 Å². The highest BCUT2D eigenvalue weighted by Gasteiger charge is 2.34. The average Bonchev–Trinajstić information content (AvgIpc) is 2.45. The van der Waals surface area contributed by atoms with Gasteiger partial charge in [0.1, 0.15) is 7.85 Å². The maximum absolute atomic E-state index is 11.7. The lowest BCUT2D eigenvalue weighted by Gasteiger charge is -2.21. The Bertz CT molecular complexity index is 239. The molecule has 1 N–H and O–H groups in total. The number of ether oxygens (including phenoxy) is 1. The van der Waals surface area contributed by atoms with Crippen molar-refractivity contribution in [3.05, 3.63) is 0 Å². The molecule has 0 saturated carbocycles. The van der Waals surface area contributed by atoms with Crippen molar-refractivity contribution >= 4 is 15.4 Å². The molecule has 2 radical (unpaired) electrons. The molecule has 0 amide bonds. The van der Waals surface area contributed by atoms with Crippen LogP contribution in [0.25, 0.3) is 0 Å². The van der Waals surface area contributed by atoms with Crippen LogP contribution in [0.1, 0.15) is 27.2 Å². The fraction of sp³-hybridized carbons (Fsp3) is 1.00. The van der Waals surface area contributed by atoms with E-state index in [1.165, 1.54) is 7.11 Å². The maximum atomic E-state index is 11.7. The van der Waals surface area contributed by atoms with Crippen molar-refractivity contribution < 1.29 is 13.8 Å². The summed E-state index contributed by atoms with van der Waals surface area (Å²) in [4.78, 5) is 0. The standard InChI is InChI=1S/C8H17BNO3P.CH4/c1-4-7-6(5-8(9)13-7)10-14(3,11)12-2;/h6-8H,4-5H2,1-3H3,(H,10,11);1H4/t6?,7-,8-,14?;/m1./s1. The van der Waals surface area contributed by atoms with Gasteiger partial charge in [0.2, 0.25) is 0 Å². The molecule has 0 bridgehead atoms. The highest BCUT2D eigenvalue weighted by molar-refractivity contribution is 7.56. The molecule has 4 nitrogen and oxygen atoms in total. The Morgan fingerprint density at radius 2 is 2.27 bits per heavy atom. The zero-order valence-corrected chi connectivity index (χ0v) is 9.79. The number of hydrogen-bond donors (Lipinski definition) is 1. The second-order valence-electron chi connectivity index (χ2n) is 3.62. The third-order valence-corrected chi connectivity index (χ3v) is 3.93. The molecule has 0 aromatic carbocycles. The minimum atomic E-state index is -2.69. The normalized spacial score (nSPS) is 34.5. The molecule has 1 heterocycles. The van der Waals surface area contributed by atoms with Gasteiger partial charge < -0.3 is 9.26 Å². The van der Waals surface area contributed by atoms with Crippen LogP contribution in [0.2, 0.25) is 0 Å². The summed E-state index contributed by atoms with van der Waals surface area (Å²) < 4.78 is 22.0. The molecule has 4 atom stereocenters. The first-order chi connectivity index (χ1) is 6.48. The van der Waals surface area contributed by atoms with Crippen LogP contribution < -0.4 is 5.09 Å². The molecular weight excluding hydrogens is 212 g/mol. The molecule has 88 valence electrons. The van der Waals surface area contributed by atoms with Crippen molar-refractivity contribution in [2.75, 3.05) is 13.8 Å². The van der Waals surface area contributed by atoms with Crippen LogP contribution in [0.3, 0.4) is 0 Å². The third-order valence-electron chi connectivity index (χ3n) is 2.44. The van der Waals surface area contributed by atoms with Crippen molar-refractivity contribution in [3.8, 4) is 0 Å². The van der Waals surface area contributed by atoms with Gasteiger partial charge >= 0.3 is 0 Å². The predicted molar refractivity (Wildman–Crippen MR) is 63.5 cm³/mol. The van der Waals surface area contributed by atoms with Gasteiger partial charge in [-0.25, -0.2) is 5.09 Å². The van der Waals surface area contributed by atoms with Crippen LogP contribution in [-0.2, 0) is 13.8 Å². The third kappa shape index (κ3) is 4.27. The van der Waals surface area contributed by atoms with Crippen molar-refractivity contribution in [3.63, 3.8) is 0 Å². The fourth-order valence-electron chi connectivity index (χ4n) is 1.65. The van der Waals surface area contributed by atoms with Crippen LogP contribution in [0.15, 0.2) is 0 Å². The summed E-state index contributed by atoms with van der Waals surface area (Å²) in [7, 11) is 4.41. The van der Waals surface area contributed by atoms with Gasteiger partial charge in [-0.3, -0.25) is 4.57 Å². The molecule has 0 aliphatic carbocycles. The SMILES string of the molecule is C.[B][C@H]1CC(NP(C)(=O)OC)[C@@H](CC)O1. The summed E-state index contributed by atoms with van der Waals surface area (Å²) in [5, 5.41) is 2.96. The number of rotatable bonds is 4. The van der Waals surface area contributed by atoms with E-state index in [4.69, 9.17) is 17.1 Å². The molecule has 0 aromatic rings. The summed E-state index contributed by atoms with van der Waals surface area (Å²) in [5.41, 5.74) is 0. The Labute approximate surface area is 94.0 Å². The predicted octanol–water partition coefficient (Wildman–Crippen LogP) is 1.74. The first-order valence-electron chi connectivity index (χ1n) is 4.80. The minimum Gasteiger partial charge on any atom is -0.383 e. The molecule has 15 heavy (non-hydrogen) atoms. The summed E-state index contributed by atoms with van der Waals surface area (Å²) in [6.07, 6.45) is 1.57. The smallest absolute Gasteiger partial charge is 0.266 e. The van der Waals surface area contributed by atoms with E-state index in [1.807, 2.05) is 6.92 Å². The molecule has 2 unspecified atom stereocenters. The van der Waals surface area contributed by atoms with Gasteiger partial charge in [-0.2, -0.15) is 0 Å². The Morgan fingerprint density at radius 3 is 2.73 bits per heavy atom. The van der Waals surface area contributed by atoms with Crippen molar-refractivity contribution in [1.82, 2.24) is 5.09 Å². The molecule has 1 saturated heterocycles. The first-order valence-corrected chi connectivity index (χ1v) is 6.87. The van der Waals surface area contributed by atoms with Crippen molar-refractivity contribution in [2.45, 2.75) is 45.3 Å². The molecule has 0 spiro atoms. The zero-order chi connectivity index (χ0) is 10.8. The minimum absolute atomic E-state index is 0. The van der Waals surface area contributed by atoms with Gasteiger partial charge in [-0.15, -0.1) is 0 Å². The van der Waals surface area contributed by atoms with Gasteiger partial charge in [0, 0.05) is 25.8 Å². The lowest BCUT2D eigenvalue weighted by atomic mass is 9.95. The highest BCUT2D eigenvalue weighted by atomic mass is 31.2. The molecule has 6 heteroatoms. The molecule has 1 aliphatic heterocycles. The summed E-state index contributed by atoms with van der Waals surface area (Å²) >= 11 is 0. The average molecular weight is 233 g/mol. The van der Waals surface area contributed by atoms with E-state index in [0.717, 1.165) is 6.42 Å². The van der Waals surface area contributed by atoms with E-state index in [1.54, 1.807) is 6.66 Å². The lowest BCUT2D eigenvalue weighted by Crippen LogP contribution is -2.34. The molecule has 1 rings (SSSR count). The Hall–Kier alpha value is 0.175. The second-order valence-corrected chi connectivity index (χ2v) is 5.94. The van der Waals surface area contributed by atoms with Gasteiger partial charge in [0.25, 0.3) is 7.52 Å². The van der Waals surface area contributed by atoms with E-state index in [2.05, 4.69) is 5.09 Å². The second kappa shape index (κ2) is 6.04. The van der Waals surface area contributed by atoms with E-state index >= 15 is 0 Å². The molecule has 1 aliphatic rings. The van der Waals surface area contributed by atoms with E-state index < -0.39 is 7.52 Å². The summed E-state index contributed by atoms with van der Waals surface area (Å²) in [6, 6.07) is -0.222. The van der Waals surface area contributed by atoms with Crippen LogP contribution >= 0.6 is 7.52 Å². The van der Waals surface area contributed by atoms with Crippen LogP contribution in [-0.4, -0.2) is 39.8 Å². The van der Waals surface area contributed by atoms with Gasteiger partial charge in [0.15, 0.2) is 0 Å². The molecular formula is C9H21BNO3P. The van der Waals surface area contributed by atoms with Crippen LogP contribution in [0, 0.1) is 0 Å². The number of nitrogens with one attached hydrogen (secondary N) is 1. The highest BCUT2D eigenvalue weighted by Crippen LogP contribution is 2.39. The Kier molecular flexibility index (Phi) is 6.12. The largest absolute Gasteiger partial charge is 0.383 e. The molecule has 0 aromatic heterocycles. The van der Waals surface area contributed by atoms with Crippen molar-refractivity contribution in [1.29, 1.82) is 0 Å². The summed E-state index contributed by atoms with van der Waals surface area (Å²) in [5.74, 6) is 0. The molecule has 1 fully saturated rings. The first kappa shape index (κ1) is 15.2. The monoisotopic (exact) mass is 233 g/mol. The summed E-state index contributed by atoms with van der Waals surface area (Å²) in [6.45, 7) is 3.58. The zero-order valence-electron chi connectivity index (χ0n) is 8.90. The van der Waals surface area contributed by atoms with Crippen LogP contribution in [0.5, 0.6) is 0 Å². The van der Waals surface area contributed by atoms with Gasteiger partial charge in [-0.05, 0) is 12.8 Å². The Balaban J connectivity index is 0.00000196. The van der Waals surface area contributed by atoms with E-state index in [9.17, 15) is 4.57 Å². The van der Waals surface area contributed by atoms with Gasteiger partial charge in [-0.1, -0.05) is 14.4 Å².